The SMILES string of the molecule is [B]C1([B])NC([B])([B])C([B])([B])N(c2cc(F)c3c(c2)OC[C@H](NC(=O)c2sc4nc(C)ccc4c2N)C3)C1([B])[B]. The lowest BCUT2D eigenvalue weighted by atomic mass is 9.27. The highest BCUT2D eigenvalue weighted by Gasteiger charge is 2.55. The lowest BCUT2D eigenvalue weighted by Crippen LogP contribution is -2.92. The number of carbonyl (C=O) groups excluding carboxylic acids is 1. The van der Waals surface area contributed by atoms with Crippen molar-refractivity contribution in [3.8, 4) is 5.75 Å². The summed E-state index contributed by atoms with van der Waals surface area (Å²) >= 11 is 1.18. The number of nitrogens with one attached hydrogen (secondary N) is 2. The van der Waals surface area contributed by atoms with E-state index in [1.807, 2.05) is 19.1 Å². The van der Waals surface area contributed by atoms with Gasteiger partial charge in [0.25, 0.3) is 5.91 Å². The van der Waals surface area contributed by atoms with Gasteiger partial charge < -0.3 is 26.0 Å². The van der Waals surface area contributed by atoms with Crippen molar-refractivity contribution < 1.29 is 13.9 Å². The fourth-order valence-electron chi connectivity index (χ4n) is 4.80. The first-order valence-corrected chi connectivity index (χ1v) is 12.6. The van der Waals surface area contributed by atoms with Crippen LogP contribution >= 0.6 is 11.3 Å². The Kier molecular flexibility index (Phi) is 6.54. The second-order valence-corrected chi connectivity index (χ2v) is 11.1. The largest absolute Gasteiger partial charge is 0.491 e. The van der Waals surface area contributed by atoms with E-state index in [9.17, 15) is 4.79 Å². The van der Waals surface area contributed by atoms with Crippen LogP contribution < -0.4 is 26.0 Å². The van der Waals surface area contributed by atoms with Gasteiger partial charge in [0.1, 0.15) is 27.9 Å². The van der Waals surface area contributed by atoms with Gasteiger partial charge in [-0.3, -0.25) is 4.79 Å². The van der Waals surface area contributed by atoms with Crippen molar-refractivity contribution in [2.75, 3.05) is 17.2 Å². The van der Waals surface area contributed by atoms with E-state index >= 15 is 4.39 Å². The van der Waals surface area contributed by atoms with Crippen molar-refractivity contribution in [2.45, 2.75) is 40.7 Å². The molecule has 2 aliphatic heterocycles. The van der Waals surface area contributed by atoms with E-state index in [0.717, 1.165) is 16.7 Å². The van der Waals surface area contributed by atoms with Crippen LogP contribution in [0.1, 0.15) is 20.9 Å². The molecule has 0 spiro atoms. The van der Waals surface area contributed by atoms with Gasteiger partial charge in [0.2, 0.25) is 0 Å². The zero-order valence-electron chi connectivity index (χ0n) is 21.0. The molecule has 16 radical (unpaired) electrons. The second kappa shape index (κ2) is 9.06. The molecule has 1 amide bonds. The molecule has 0 bridgehead atoms. The monoisotopic (exact) mass is 521 g/mol. The highest BCUT2D eigenvalue weighted by atomic mass is 32.1. The van der Waals surface area contributed by atoms with Crippen LogP contribution in [0.15, 0.2) is 24.3 Å². The van der Waals surface area contributed by atoms with E-state index in [1.54, 1.807) is 0 Å². The average molecular weight is 520 g/mol. The van der Waals surface area contributed by atoms with Gasteiger partial charge in [-0.2, -0.15) is 0 Å². The number of halogens is 1. The zero-order chi connectivity index (χ0) is 28.7. The molecule has 4 N–H and O–H groups in total. The van der Waals surface area contributed by atoms with E-state index in [1.165, 1.54) is 17.4 Å². The van der Waals surface area contributed by atoms with Gasteiger partial charge in [-0.05, 0) is 35.8 Å². The fourth-order valence-corrected chi connectivity index (χ4v) is 5.84. The molecule has 39 heavy (non-hydrogen) atoms. The lowest BCUT2D eigenvalue weighted by Gasteiger charge is -2.72. The number of nitrogens with two attached hydrogens (primary N) is 1. The number of piperazine rings is 1. The number of aromatic nitrogens is 1. The summed E-state index contributed by atoms with van der Waals surface area (Å²) in [5.74, 6) is -0.993. The fraction of sp³-hybridized carbons (Fsp3) is 0.364. The molecule has 17 heteroatoms. The molecule has 1 atom stereocenters. The summed E-state index contributed by atoms with van der Waals surface area (Å²) in [5.41, 5.74) is 7.48. The lowest BCUT2D eigenvalue weighted by molar-refractivity contribution is 0.0919. The number of nitrogen functional groups attached to an aromatic ring is 1. The summed E-state index contributed by atoms with van der Waals surface area (Å²) in [6.07, 6.45) is 0.110. The summed E-state index contributed by atoms with van der Waals surface area (Å²) in [4.78, 5) is 19.4. The summed E-state index contributed by atoms with van der Waals surface area (Å²) in [7, 11) is 49.1. The number of hydrogen-bond acceptors (Lipinski definition) is 7. The minimum atomic E-state index is -2.19. The van der Waals surface area contributed by atoms with Crippen molar-refractivity contribution in [3.05, 3.63) is 46.2 Å². The van der Waals surface area contributed by atoms with E-state index < -0.39 is 39.1 Å². The van der Waals surface area contributed by atoms with Gasteiger partial charge in [-0.1, -0.05) is 10.7 Å². The molecule has 4 heterocycles. The number of benzene rings is 1. The number of pyridine rings is 1. The number of amides is 1. The Bertz CT molecular complexity index is 1470. The Morgan fingerprint density at radius 3 is 2.44 bits per heavy atom. The minimum Gasteiger partial charge on any atom is -0.491 e. The Hall–Kier alpha value is -2.39. The predicted molar refractivity (Wildman–Crippen MR) is 158 cm³/mol. The number of nitrogens with zero attached hydrogens (tertiary/aromatic N) is 2. The molecule has 0 unspecified atom stereocenters. The molecule has 0 saturated carbocycles. The van der Waals surface area contributed by atoms with E-state index in [2.05, 4.69) is 15.6 Å². The Morgan fingerprint density at radius 1 is 1.15 bits per heavy atom. The van der Waals surface area contributed by atoms with Crippen molar-refractivity contribution in [1.82, 2.24) is 15.6 Å². The number of ether oxygens (including phenoxy) is 1. The molecule has 1 fully saturated rings. The number of aryl methyl sites for hydroxylation is 1. The molecule has 0 aliphatic carbocycles. The molecular formula is C22H16B8FN5O2S. The third kappa shape index (κ3) is 4.40. The Balaban J connectivity index is 1.42. The number of rotatable bonds is 3. The minimum absolute atomic E-state index is 0.0214. The van der Waals surface area contributed by atoms with Crippen molar-refractivity contribution in [2.24, 2.45) is 0 Å². The van der Waals surface area contributed by atoms with Crippen molar-refractivity contribution >= 4 is 102 Å². The maximum atomic E-state index is 15.5. The van der Waals surface area contributed by atoms with Crippen LogP contribution in [0, 0.1) is 12.7 Å². The molecule has 1 saturated heterocycles. The van der Waals surface area contributed by atoms with Crippen LogP contribution in [0.5, 0.6) is 5.75 Å². The van der Waals surface area contributed by atoms with Gasteiger partial charge in [0, 0.05) is 34.8 Å². The summed E-state index contributed by atoms with van der Waals surface area (Å²) in [6, 6.07) is 5.56. The maximum absolute atomic E-state index is 15.5. The normalized spacial score (nSPS) is 22.5. The number of fused-ring (bicyclic) bond motifs is 2. The summed E-state index contributed by atoms with van der Waals surface area (Å²) < 4.78 is 21.3. The average Bonchev–Trinajstić information content (AvgIpc) is 3.13. The highest BCUT2D eigenvalue weighted by Crippen LogP contribution is 2.42. The first kappa shape index (κ1) is 28.1. The van der Waals surface area contributed by atoms with Crippen LogP contribution in [0.4, 0.5) is 15.8 Å². The zero-order valence-corrected chi connectivity index (χ0v) is 21.8. The molecular weight excluding hydrogens is 504 g/mol. The highest BCUT2D eigenvalue weighted by molar-refractivity contribution is 7.21. The second-order valence-electron chi connectivity index (χ2n) is 10.1. The number of thiophene rings is 1. The Morgan fingerprint density at radius 2 is 1.79 bits per heavy atom. The third-order valence-corrected chi connectivity index (χ3v) is 8.16. The summed E-state index contributed by atoms with van der Waals surface area (Å²) in [6.45, 7) is 1.87. The molecule has 2 aliphatic rings. The molecule has 3 aromatic rings. The number of carbonyl (C=O) groups is 1. The number of hydrogen-bond donors (Lipinski definition) is 3. The first-order valence-electron chi connectivity index (χ1n) is 11.8. The summed E-state index contributed by atoms with van der Waals surface area (Å²) in [5, 5.41) is -2.62. The Labute approximate surface area is 240 Å². The van der Waals surface area contributed by atoms with E-state index in [-0.39, 0.29) is 30.0 Å². The van der Waals surface area contributed by atoms with Gasteiger partial charge in [0.15, 0.2) is 0 Å². The van der Waals surface area contributed by atoms with Crippen LogP contribution in [-0.2, 0) is 6.42 Å². The van der Waals surface area contributed by atoms with Crippen LogP contribution in [0.2, 0.25) is 0 Å². The molecule has 5 rings (SSSR count). The van der Waals surface area contributed by atoms with Crippen LogP contribution in [-0.4, -0.2) is 108 Å². The molecule has 178 valence electrons. The van der Waals surface area contributed by atoms with Crippen molar-refractivity contribution in [3.63, 3.8) is 0 Å². The van der Waals surface area contributed by atoms with E-state index in [4.69, 9.17) is 73.2 Å². The smallest absolute Gasteiger partial charge is 0.263 e. The predicted octanol–water partition coefficient (Wildman–Crippen LogP) is -1.57. The molecule has 2 aromatic heterocycles. The number of anilines is 2. The van der Waals surface area contributed by atoms with Gasteiger partial charge in [-0.15, -0.1) is 11.3 Å². The van der Waals surface area contributed by atoms with Crippen LogP contribution in [0.3, 0.4) is 0 Å². The standard InChI is InChI=1S/C22H16B8FN5O2S/c1-8-2-3-11-15(32)16(39-18(11)33-8)17(37)34-9-4-12-13(31)5-10(6-14(12)38-7-9)36-21(27,28)19(23,24)35-20(25,26)22(36,29)30/h2-3,5-6,9,35H,4,7,32H2,1H3,(H,34,37)/t9-/m1/s1. The van der Waals surface area contributed by atoms with Gasteiger partial charge >= 0.3 is 0 Å². The van der Waals surface area contributed by atoms with Crippen molar-refractivity contribution in [1.29, 1.82) is 0 Å². The van der Waals surface area contributed by atoms with E-state index in [0.29, 0.717) is 20.8 Å². The molecule has 1 aromatic carbocycles. The first-order chi connectivity index (χ1) is 18.0. The quantitative estimate of drug-likeness (QED) is 0.362. The molecule has 7 nitrogen and oxygen atoms in total. The van der Waals surface area contributed by atoms with Gasteiger partial charge in [-0.25, -0.2) is 9.37 Å². The maximum Gasteiger partial charge on any atom is 0.263 e. The van der Waals surface area contributed by atoms with Gasteiger partial charge in [0.05, 0.1) is 74.5 Å². The topological polar surface area (TPSA) is 92.5 Å². The van der Waals surface area contributed by atoms with Crippen LogP contribution in [0.25, 0.3) is 10.2 Å². The third-order valence-electron chi connectivity index (χ3n) is 7.04.